The first kappa shape index (κ1) is 15.3. The van der Waals surface area contributed by atoms with E-state index >= 15 is 0 Å². The number of hydrogen-bond donors (Lipinski definition) is 0. The van der Waals surface area contributed by atoms with E-state index in [1.165, 1.54) is 6.07 Å². The van der Waals surface area contributed by atoms with Crippen molar-refractivity contribution in [3.05, 3.63) is 55.6 Å². The van der Waals surface area contributed by atoms with Crippen LogP contribution in [0, 0.1) is 9.39 Å². The molecule has 108 valence electrons. The lowest BCUT2D eigenvalue weighted by molar-refractivity contribution is 0.622. The van der Waals surface area contributed by atoms with E-state index in [1.807, 2.05) is 22.6 Å². The average Bonchev–Trinajstić information content (AvgIpc) is 2.77. The summed E-state index contributed by atoms with van der Waals surface area (Å²) in [5.74, 6) is 0.471. The standard InChI is InChI=1S/C14H7Cl3FIN2/c15-6-14-20-11-5-10(19)9(18)4-13(11)21(14)12-2-1-7(16)3-8(12)17/h1-5H,6H2. The van der Waals surface area contributed by atoms with Crippen molar-refractivity contribution in [3.8, 4) is 5.69 Å². The highest BCUT2D eigenvalue weighted by atomic mass is 127. The largest absolute Gasteiger partial charge is 0.294 e. The molecule has 7 heteroatoms. The fourth-order valence-corrected chi connectivity index (χ4v) is 3.27. The van der Waals surface area contributed by atoms with Crippen molar-refractivity contribution in [2.24, 2.45) is 0 Å². The molecule has 3 rings (SSSR count). The summed E-state index contributed by atoms with van der Waals surface area (Å²) in [5, 5.41) is 0.980. The highest BCUT2D eigenvalue weighted by molar-refractivity contribution is 14.1. The number of benzene rings is 2. The Morgan fingerprint density at radius 1 is 1.19 bits per heavy atom. The maximum Gasteiger partial charge on any atom is 0.138 e. The van der Waals surface area contributed by atoms with Crippen molar-refractivity contribution in [1.82, 2.24) is 9.55 Å². The smallest absolute Gasteiger partial charge is 0.138 e. The normalized spacial score (nSPS) is 11.3. The first-order chi connectivity index (χ1) is 10.0. The van der Waals surface area contributed by atoms with E-state index in [4.69, 9.17) is 34.8 Å². The zero-order valence-electron chi connectivity index (χ0n) is 10.4. The molecule has 0 bridgehead atoms. The van der Waals surface area contributed by atoms with Gasteiger partial charge in [-0.2, -0.15) is 0 Å². The van der Waals surface area contributed by atoms with Gasteiger partial charge in [-0.1, -0.05) is 23.2 Å². The SMILES string of the molecule is Fc1cc2c(cc1I)nc(CCl)n2-c1ccc(Cl)cc1Cl. The van der Waals surface area contributed by atoms with Crippen LogP contribution in [0.4, 0.5) is 4.39 Å². The van der Waals surface area contributed by atoms with Gasteiger partial charge in [-0.15, -0.1) is 11.6 Å². The second-order valence-corrected chi connectivity index (χ2v) is 6.62. The fourth-order valence-electron chi connectivity index (χ4n) is 2.14. The first-order valence-electron chi connectivity index (χ1n) is 5.89. The molecular weight excluding hydrogens is 448 g/mol. The van der Waals surface area contributed by atoms with Gasteiger partial charge in [0.1, 0.15) is 11.6 Å². The average molecular weight is 455 g/mol. The van der Waals surface area contributed by atoms with Crippen molar-refractivity contribution in [3.63, 3.8) is 0 Å². The maximum atomic E-state index is 13.9. The number of imidazole rings is 1. The van der Waals surface area contributed by atoms with Crippen molar-refractivity contribution < 1.29 is 4.39 Å². The Morgan fingerprint density at radius 3 is 2.62 bits per heavy atom. The molecular formula is C14H7Cl3FIN2. The van der Waals surface area contributed by atoms with E-state index in [2.05, 4.69) is 4.98 Å². The van der Waals surface area contributed by atoms with Crippen molar-refractivity contribution in [1.29, 1.82) is 0 Å². The number of hydrogen-bond acceptors (Lipinski definition) is 1. The highest BCUT2D eigenvalue weighted by Gasteiger charge is 2.16. The fraction of sp³-hybridized carbons (Fsp3) is 0.0714. The molecule has 0 fully saturated rings. The Morgan fingerprint density at radius 2 is 1.95 bits per heavy atom. The van der Waals surface area contributed by atoms with E-state index in [0.717, 1.165) is 0 Å². The zero-order chi connectivity index (χ0) is 15.1. The van der Waals surface area contributed by atoms with Crippen LogP contribution in [0.25, 0.3) is 16.7 Å². The number of halogens is 5. The molecule has 0 atom stereocenters. The second kappa shape index (κ2) is 5.91. The summed E-state index contributed by atoms with van der Waals surface area (Å²) in [5.41, 5.74) is 1.95. The van der Waals surface area contributed by atoms with Crippen molar-refractivity contribution in [2.75, 3.05) is 0 Å². The van der Waals surface area contributed by atoms with E-state index in [9.17, 15) is 4.39 Å². The van der Waals surface area contributed by atoms with E-state index in [1.54, 1.807) is 28.8 Å². The van der Waals surface area contributed by atoms with Gasteiger partial charge in [0.2, 0.25) is 0 Å². The summed E-state index contributed by atoms with van der Waals surface area (Å²) in [6.07, 6.45) is 0. The van der Waals surface area contributed by atoms with Crippen LogP contribution in [0.3, 0.4) is 0 Å². The third kappa shape index (κ3) is 2.74. The molecule has 0 unspecified atom stereocenters. The number of rotatable bonds is 2. The molecule has 0 aliphatic carbocycles. The van der Waals surface area contributed by atoms with Crippen molar-refractivity contribution in [2.45, 2.75) is 5.88 Å². The predicted octanol–water partition coefficient (Wildman–Crippen LogP) is 5.81. The van der Waals surface area contributed by atoms with Gasteiger partial charge in [-0.25, -0.2) is 9.37 Å². The van der Waals surface area contributed by atoms with Crippen LogP contribution in [0.1, 0.15) is 5.82 Å². The zero-order valence-corrected chi connectivity index (χ0v) is 14.8. The number of aromatic nitrogens is 2. The van der Waals surface area contributed by atoms with Gasteiger partial charge in [0.15, 0.2) is 0 Å². The third-order valence-electron chi connectivity index (χ3n) is 3.04. The number of nitrogens with zero attached hydrogens (tertiary/aromatic N) is 2. The molecule has 0 amide bonds. The topological polar surface area (TPSA) is 17.8 Å². The molecule has 1 aromatic heterocycles. The minimum absolute atomic E-state index is 0.186. The van der Waals surface area contributed by atoms with Crippen LogP contribution in [0.15, 0.2) is 30.3 Å². The Hall–Kier alpha value is -0.560. The molecule has 0 radical (unpaired) electrons. The molecule has 0 N–H and O–H groups in total. The molecule has 2 nitrogen and oxygen atoms in total. The molecule has 0 aliphatic rings. The van der Waals surface area contributed by atoms with Gasteiger partial charge in [0.05, 0.1) is 31.2 Å². The lowest BCUT2D eigenvalue weighted by atomic mass is 10.2. The minimum atomic E-state index is -0.310. The maximum absolute atomic E-state index is 13.9. The van der Waals surface area contributed by atoms with Gasteiger partial charge in [-0.05, 0) is 46.9 Å². The molecule has 3 aromatic rings. The second-order valence-electron chi connectivity index (χ2n) is 4.35. The van der Waals surface area contributed by atoms with Crippen LogP contribution in [0.5, 0.6) is 0 Å². The van der Waals surface area contributed by atoms with Crippen LogP contribution < -0.4 is 0 Å². The summed E-state index contributed by atoms with van der Waals surface area (Å²) < 4.78 is 16.1. The van der Waals surface area contributed by atoms with Gasteiger partial charge in [-0.3, -0.25) is 4.57 Å². The Bertz CT molecular complexity index is 848. The van der Waals surface area contributed by atoms with Crippen molar-refractivity contribution >= 4 is 68.4 Å². The van der Waals surface area contributed by atoms with Gasteiger partial charge < -0.3 is 0 Å². The Balaban J connectivity index is 2.37. The summed E-state index contributed by atoms with van der Waals surface area (Å²) in [6.45, 7) is 0. The van der Waals surface area contributed by atoms with Crippen LogP contribution in [-0.4, -0.2) is 9.55 Å². The molecule has 0 saturated carbocycles. The summed E-state index contributed by atoms with van der Waals surface area (Å²) >= 11 is 20.1. The lowest BCUT2D eigenvalue weighted by Crippen LogP contribution is -2.00. The predicted molar refractivity (Wildman–Crippen MR) is 93.3 cm³/mol. The lowest BCUT2D eigenvalue weighted by Gasteiger charge is -2.10. The van der Waals surface area contributed by atoms with Crippen LogP contribution in [0.2, 0.25) is 10.0 Å². The monoisotopic (exact) mass is 454 g/mol. The molecule has 0 saturated heterocycles. The first-order valence-corrected chi connectivity index (χ1v) is 8.26. The van der Waals surface area contributed by atoms with Gasteiger partial charge in [0.25, 0.3) is 0 Å². The van der Waals surface area contributed by atoms with E-state index < -0.39 is 0 Å². The van der Waals surface area contributed by atoms with E-state index in [0.29, 0.717) is 36.2 Å². The summed E-state index contributed by atoms with van der Waals surface area (Å²) in [4.78, 5) is 4.44. The minimum Gasteiger partial charge on any atom is -0.294 e. The van der Waals surface area contributed by atoms with E-state index in [-0.39, 0.29) is 11.7 Å². The van der Waals surface area contributed by atoms with Crippen LogP contribution in [-0.2, 0) is 5.88 Å². The summed E-state index contributed by atoms with van der Waals surface area (Å²) in [6, 6.07) is 8.23. The molecule has 0 spiro atoms. The number of alkyl halides is 1. The summed E-state index contributed by atoms with van der Waals surface area (Å²) in [7, 11) is 0. The molecule has 0 aliphatic heterocycles. The van der Waals surface area contributed by atoms with Crippen LogP contribution >= 0.6 is 57.4 Å². The molecule has 21 heavy (non-hydrogen) atoms. The Kier molecular flexibility index (Phi) is 4.32. The number of fused-ring (bicyclic) bond motifs is 1. The quantitative estimate of drug-likeness (QED) is 0.352. The van der Waals surface area contributed by atoms with Gasteiger partial charge in [0, 0.05) is 11.1 Å². The molecule has 1 heterocycles. The third-order valence-corrected chi connectivity index (χ3v) is 4.64. The van der Waals surface area contributed by atoms with Gasteiger partial charge >= 0.3 is 0 Å². The Labute approximate surface area is 149 Å². The highest BCUT2D eigenvalue weighted by Crippen LogP contribution is 2.31. The molecule has 2 aromatic carbocycles.